The van der Waals surface area contributed by atoms with E-state index in [1.807, 2.05) is 25.1 Å². The van der Waals surface area contributed by atoms with Crippen LogP contribution in [-0.4, -0.2) is 35.7 Å². The standard InChI is InChI=1S/C20H24N2O5/c1-12(2)11-27-17-6-5-14(10-18(17)26-4)13(3)22-19(23)16-9-15(20(24)25)7-8-21-16/h5-10,12-13H,11H2,1-4H3,(H,22,23)(H,24,25). The molecule has 7 heteroatoms. The minimum Gasteiger partial charge on any atom is -0.493 e. The van der Waals surface area contributed by atoms with Gasteiger partial charge in [0.05, 0.1) is 25.3 Å². The highest BCUT2D eigenvalue weighted by Gasteiger charge is 2.16. The number of ether oxygens (including phenoxy) is 2. The summed E-state index contributed by atoms with van der Waals surface area (Å²) in [5.41, 5.74) is 0.883. The fourth-order valence-electron chi connectivity index (χ4n) is 2.37. The minimum absolute atomic E-state index is 0.0103. The third-order valence-corrected chi connectivity index (χ3v) is 3.85. The molecule has 1 aromatic heterocycles. The molecule has 0 fully saturated rings. The number of nitrogens with one attached hydrogen (secondary N) is 1. The molecule has 0 bridgehead atoms. The molecule has 1 heterocycles. The molecule has 1 unspecified atom stereocenters. The van der Waals surface area contributed by atoms with Crippen LogP contribution >= 0.6 is 0 Å². The summed E-state index contributed by atoms with van der Waals surface area (Å²) in [4.78, 5) is 27.3. The summed E-state index contributed by atoms with van der Waals surface area (Å²) in [6.45, 7) is 6.52. The quantitative estimate of drug-likeness (QED) is 0.738. The van der Waals surface area contributed by atoms with E-state index in [0.29, 0.717) is 24.0 Å². The van der Waals surface area contributed by atoms with Gasteiger partial charge in [-0.05, 0) is 42.7 Å². The van der Waals surface area contributed by atoms with E-state index in [-0.39, 0.29) is 17.3 Å². The van der Waals surface area contributed by atoms with Gasteiger partial charge in [-0.2, -0.15) is 0 Å². The highest BCUT2D eigenvalue weighted by Crippen LogP contribution is 2.30. The first-order valence-electron chi connectivity index (χ1n) is 8.62. The van der Waals surface area contributed by atoms with E-state index < -0.39 is 11.9 Å². The van der Waals surface area contributed by atoms with E-state index in [1.54, 1.807) is 7.11 Å². The highest BCUT2D eigenvalue weighted by atomic mass is 16.5. The summed E-state index contributed by atoms with van der Waals surface area (Å²) < 4.78 is 11.1. The van der Waals surface area contributed by atoms with Crippen LogP contribution < -0.4 is 14.8 Å². The zero-order valence-corrected chi connectivity index (χ0v) is 15.9. The van der Waals surface area contributed by atoms with Crippen molar-refractivity contribution in [3.8, 4) is 11.5 Å². The number of methoxy groups -OCH3 is 1. The fourth-order valence-corrected chi connectivity index (χ4v) is 2.37. The maximum absolute atomic E-state index is 12.4. The summed E-state index contributed by atoms with van der Waals surface area (Å²) in [5.74, 6) is 0.0529. The minimum atomic E-state index is -1.11. The van der Waals surface area contributed by atoms with Crippen LogP contribution in [0.1, 0.15) is 53.2 Å². The van der Waals surface area contributed by atoms with Crippen LogP contribution in [0, 0.1) is 5.92 Å². The molecule has 2 N–H and O–H groups in total. The van der Waals surface area contributed by atoms with Crippen LogP contribution in [0.5, 0.6) is 11.5 Å². The molecule has 0 saturated heterocycles. The molecule has 2 rings (SSSR count). The molecule has 0 saturated carbocycles. The maximum Gasteiger partial charge on any atom is 0.335 e. The Labute approximate surface area is 158 Å². The van der Waals surface area contributed by atoms with Crippen molar-refractivity contribution in [2.24, 2.45) is 5.92 Å². The predicted molar refractivity (Wildman–Crippen MR) is 100 cm³/mol. The average Bonchev–Trinajstić information content (AvgIpc) is 2.66. The monoisotopic (exact) mass is 372 g/mol. The summed E-state index contributed by atoms with van der Waals surface area (Å²) in [5, 5.41) is 11.8. The van der Waals surface area contributed by atoms with Gasteiger partial charge in [0.1, 0.15) is 5.69 Å². The number of amides is 1. The molecule has 1 amide bonds. The van der Waals surface area contributed by atoms with Crippen molar-refractivity contribution in [3.63, 3.8) is 0 Å². The molecule has 0 aliphatic rings. The molecular formula is C20H24N2O5. The summed E-state index contributed by atoms with van der Waals surface area (Å²) in [7, 11) is 1.56. The number of nitrogens with zero attached hydrogens (tertiary/aromatic N) is 1. The maximum atomic E-state index is 12.4. The van der Waals surface area contributed by atoms with Gasteiger partial charge < -0.3 is 19.9 Å². The van der Waals surface area contributed by atoms with E-state index in [1.165, 1.54) is 18.3 Å². The SMILES string of the molecule is COc1cc(C(C)NC(=O)c2cc(C(=O)O)ccn2)ccc1OCC(C)C. The lowest BCUT2D eigenvalue weighted by atomic mass is 10.1. The first kappa shape index (κ1) is 20.2. The second-order valence-corrected chi connectivity index (χ2v) is 6.55. The number of carbonyl (C=O) groups is 2. The lowest BCUT2D eigenvalue weighted by Crippen LogP contribution is -2.27. The number of benzene rings is 1. The first-order chi connectivity index (χ1) is 12.8. The Kier molecular flexibility index (Phi) is 6.76. The molecule has 1 atom stereocenters. The lowest BCUT2D eigenvalue weighted by Gasteiger charge is -2.17. The van der Waals surface area contributed by atoms with Crippen LogP contribution in [-0.2, 0) is 0 Å². The van der Waals surface area contributed by atoms with Gasteiger partial charge in [0, 0.05) is 6.20 Å². The Morgan fingerprint density at radius 2 is 1.89 bits per heavy atom. The van der Waals surface area contributed by atoms with Crippen LogP contribution in [0.25, 0.3) is 0 Å². The number of hydrogen-bond acceptors (Lipinski definition) is 5. The van der Waals surface area contributed by atoms with Gasteiger partial charge in [-0.3, -0.25) is 9.78 Å². The molecule has 0 aliphatic carbocycles. The number of rotatable bonds is 8. The van der Waals surface area contributed by atoms with Crippen molar-refractivity contribution in [2.75, 3.05) is 13.7 Å². The van der Waals surface area contributed by atoms with Crippen LogP contribution in [0.15, 0.2) is 36.5 Å². The number of carboxylic acid groups (broad SMARTS) is 1. The highest BCUT2D eigenvalue weighted by molar-refractivity contribution is 5.95. The third kappa shape index (κ3) is 5.44. The molecule has 0 radical (unpaired) electrons. The predicted octanol–water partition coefficient (Wildman–Crippen LogP) is 3.31. The van der Waals surface area contributed by atoms with Gasteiger partial charge >= 0.3 is 5.97 Å². The number of hydrogen-bond donors (Lipinski definition) is 2. The number of carboxylic acids is 1. The van der Waals surface area contributed by atoms with Crippen molar-refractivity contribution >= 4 is 11.9 Å². The Balaban J connectivity index is 2.13. The van der Waals surface area contributed by atoms with E-state index in [4.69, 9.17) is 14.6 Å². The largest absolute Gasteiger partial charge is 0.493 e. The summed E-state index contributed by atoms with van der Waals surface area (Å²) >= 11 is 0. The fraction of sp³-hybridized carbons (Fsp3) is 0.350. The molecular weight excluding hydrogens is 348 g/mol. The number of carbonyl (C=O) groups excluding carboxylic acids is 1. The van der Waals surface area contributed by atoms with Gasteiger partial charge in [-0.25, -0.2) is 4.79 Å². The smallest absolute Gasteiger partial charge is 0.335 e. The number of aromatic carboxylic acids is 1. The second-order valence-electron chi connectivity index (χ2n) is 6.55. The van der Waals surface area contributed by atoms with Crippen LogP contribution in [0.3, 0.4) is 0 Å². The lowest BCUT2D eigenvalue weighted by molar-refractivity contribution is 0.0696. The average molecular weight is 372 g/mol. The normalized spacial score (nSPS) is 11.7. The van der Waals surface area contributed by atoms with Gasteiger partial charge in [0.25, 0.3) is 5.91 Å². The van der Waals surface area contributed by atoms with Gasteiger partial charge in [0.2, 0.25) is 0 Å². The van der Waals surface area contributed by atoms with Crippen molar-refractivity contribution < 1.29 is 24.2 Å². The molecule has 144 valence electrons. The Morgan fingerprint density at radius 3 is 2.52 bits per heavy atom. The molecule has 27 heavy (non-hydrogen) atoms. The van der Waals surface area contributed by atoms with Gasteiger partial charge in [-0.15, -0.1) is 0 Å². The zero-order chi connectivity index (χ0) is 20.0. The molecule has 1 aromatic carbocycles. The Morgan fingerprint density at radius 1 is 1.15 bits per heavy atom. The second kappa shape index (κ2) is 9.02. The molecule has 0 spiro atoms. The van der Waals surface area contributed by atoms with Crippen molar-refractivity contribution in [3.05, 3.63) is 53.3 Å². The number of pyridine rings is 1. The summed E-state index contributed by atoms with van der Waals surface area (Å²) in [6.07, 6.45) is 1.30. The van der Waals surface area contributed by atoms with Crippen LogP contribution in [0.4, 0.5) is 0 Å². The van der Waals surface area contributed by atoms with E-state index in [9.17, 15) is 9.59 Å². The molecule has 0 aliphatic heterocycles. The number of aromatic nitrogens is 1. The van der Waals surface area contributed by atoms with Gasteiger partial charge in [0.15, 0.2) is 11.5 Å². The summed E-state index contributed by atoms with van der Waals surface area (Å²) in [6, 6.07) is 7.71. The first-order valence-corrected chi connectivity index (χ1v) is 8.62. The third-order valence-electron chi connectivity index (χ3n) is 3.85. The van der Waals surface area contributed by atoms with E-state index in [2.05, 4.69) is 24.1 Å². The van der Waals surface area contributed by atoms with Crippen molar-refractivity contribution in [1.82, 2.24) is 10.3 Å². The van der Waals surface area contributed by atoms with E-state index >= 15 is 0 Å². The van der Waals surface area contributed by atoms with Crippen molar-refractivity contribution in [1.29, 1.82) is 0 Å². The zero-order valence-electron chi connectivity index (χ0n) is 15.9. The molecule has 2 aromatic rings. The topological polar surface area (TPSA) is 97.8 Å². The van der Waals surface area contributed by atoms with Crippen molar-refractivity contribution in [2.45, 2.75) is 26.8 Å². The molecule has 7 nitrogen and oxygen atoms in total. The van der Waals surface area contributed by atoms with E-state index in [0.717, 1.165) is 5.56 Å². The van der Waals surface area contributed by atoms with Gasteiger partial charge in [-0.1, -0.05) is 19.9 Å². The Hall–Kier alpha value is -3.09. The Bertz CT molecular complexity index is 820. The van der Waals surface area contributed by atoms with Crippen LogP contribution in [0.2, 0.25) is 0 Å².